The maximum atomic E-state index is 13.3. The van der Waals surface area contributed by atoms with Gasteiger partial charge in [0.2, 0.25) is 47.3 Å². The molecule has 0 radical (unpaired) electrons. The number of imide groups is 4. The van der Waals surface area contributed by atoms with Crippen molar-refractivity contribution >= 4 is 127 Å². The molecule has 14 aromatic rings. The topological polar surface area (TPSA) is 447 Å². The van der Waals surface area contributed by atoms with Crippen LogP contribution in [0.2, 0.25) is 0 Å². The van der Waals surface area contributed by atoms with Gasteiger partial charge in [0.1, 0.15) is 101 Å². The Balaban J connectivity index is 0.000000112. The van der Waals surface area contributed by atoms with Gasteiger partial charge in [-0.1, -0.05) is 24.3 Å². The lowest BCUT2D eigenvalue weighted by Crippen LogP contribution is -2.46. The first-order valence-corrected chi connectivity index (χ1v) is 46.5. The van der Waals surface area contributed by atoms with Gasteiger partial charge in [0.05, 0.1) is 71.2 Å². The molecule has 24 rings (SSSR count). The third kappa shape index (κ3) is 16.3. The number of hydrogen-bond donors (Lipinski definition) is 4. The van der Waals surface area contributed by atoms with E-state index in [-0.39, 0.29) is 81.4 Å². The first-order valence-electron chi connectivity index (χ1n) is 46.5. The number of nitrogens with zero attached hydrogens (tertiary/aromatic N) is 14. The Kier molecular flexibility index (Phi) is 23.1. The molecule has 142 heavy (non-hydrogen) atoms. The van der Waals surface area contributed by atoms with Gasteiger partial charge in [-0.2, -0.15) is 5.10 Å². The van der Waals surface area contributed by atoms with Crippen LogP contribution in [-0.4, -0.2) is 231 Å². The number of amides is 12. The highest BCUT2D eigenvalue weighted by Crippen LogP contribution is 2.47. The third-order valence-corrected chi connectivity index (χ3v) is 28.6. The number of rotatable bonds is 20. The van der Waals surface area contributed by atoms with Crippen LogP contribution in [0, 0.1) is 13.8 Å². The monoisotopic (exact) mass is 1920 g/mol. The summed E-state index contributed by atoms with van der Waals surface area (Å²) >= 11 is 0. The number of pyridine rings is 5. The fraction of sp³-hybridized carbons (Fsp3) is 0.308. The van der Waals surface area contributed by atoms with Gasteiger partial charge in [0.25, 0.3) is 23.6 Å². The molecule has 10 aromatic heterocycles. The Labute approximate surface area is 809 Å². The summed E-state index contributed by atoms with van der Waals surface area (Å²) in [6, 6.07) is 46.8. The van der Waals surface area contributed by atoms with Crippen LogP contribution in [0.1, 0.15) is 137 Å². The summed E-state index contributed by atoms with van der Waals surface area (Å²) in [7, 11) is 10.2. The Morgan fingerprint density at radius 1 is 0.366 bits per heavy atom. The van der Waals surface area contributed by atoms with Crippen LogP contribution in [0.3, 0.4) is 0 Å². The van der Waals surface area contributed by atoms with Gasteiger partial charge in [-0.15, -0.1) is 0 Å². The molecule has 0 bridgehead atoms. The minimum absolute atomic E-state index is 0.00428. The second-order valence-corrected chi connectivity index (χ2v) is 37.4. The summed E-state index contributed by atoms with van der Waals surface area (Å²) in [6.07, 6.45) is 5.25. The normalized spacial score (nSPS) is 20.7. The zero-order valence-corrected chi connectivity index (χ0v) is 78.7. The van der Waals surface area contributed by atoms with E-state index in [0.29, 0.717) is 145 Å². The molecule has 0 spiro atoms. The standard InChI is InChI=1S/C27H25N5O5.C26H27N5O5.C26H20N4O5.C25H24N4O5/c1-14-24(15(2)31(3)30-14)19-7-8-21-20(28-19)10-22(37-21)27(11-23(33)29-26(27)35)13-32-12-16-5-6-17(36-4)9-18(16)25(32)34;1-29-7-9-30(10-8-29)22-6-5-20-19(27-22)12-21(36-20)26(13-23(32)28-25(26)34)15-31-14-16-3-4-17(35-2)11-18(16)24(31)33;1-34-17-5-4-16-13-30(24(32)18(16)9-17)14-26(11-23(31)29-25(26)33)22-10-20-21(35-22)7-6-19(28-20)15-3-2-8-27-12-15;1-33-16-5-4-15-13-29(23(31)17(15)10-16)14-25(12-22(30)27-24(25)32)20-11-18-19(34-20)6-7-21(26-18)28-8-2-3-9-28/h5-10H,11-13H2,1-4H3,(H,29,33,35);3-6,11-12H,7-10,13-15H2,1-2H3,(H,28,32,34);2-10,12H,11,13-14H2,1H3,(H,29,31,33);4-7,10-11H,2-3,8-9,12-14H2,1H3,(H,27,30,32)/t27-;2*26-;25-/m1111/s1. The molecule has 20 heterocycles. The van der Waals surface area contributed by atoms with Crippen molar-refractivity contribution < 1.29 is 94.2 Å². The number of carbonyl (C=O) groups excluding carboxylic acids is 12. The van der Waals surface area contributed by atoms with E-state index in [9.17, 15) is 57.5 Å². The second kappa shape index (κ2) is 35.9. The van der Waals surface area contributed by atoms with Gasteiger partial charge < -0.3 is 70.9 Å². The molecule has 0 saturated carbocycles. The van der Waals surface area contributed by atoms with Crippen molar-refractivity contribution in [3.8, 4) is 45.5 Å². The van der Waals surface area contributed by atoms with Crippen LogP contribution < -0.4 is 50.0 Å². The molecule has 4 N–H and O–H groups in total. The highest BCUT2D eigenvalue weighted by atomic mass is 16.5. The molecule has 38 nitrogen and oxygen atoms in total. The Hall–Kier alpha value is -16.8. The van der Waals surface area contributed by atoms with Gasteiger partial charge in [0.15, 0.2) is 22.3 Å². The average molecular weight is 1920 g/mol. The van der Waals surface area contributed by atoms with Gasteiger partial charge in [-0.25, -0.2) is 19.9 Å². The molecule has 10 aliphatic heterocycles. The third-order valence-electron chi connectivity index (χ3n) is 28.6. The number of hydrogen-bond acceptors (Lipinski definition) is 29. The number of fused-ring (bicyclic) bond motifs is 8. The lowest BCUT2D eigenvalue weighted by atomic mass is 9.82. The van der Waals surface area contributed by atoms with Crippen molar-refractivity contribution in [1.82, 2.24) is 80.5 Å². The van der Waals surface area contributed by atoms with Crippen LogP contribution in [0.5, 0.6) is 23.0 Å². The van der Waals surface area contributed by atoms with Crippen molar-refractivity contribution in [2.24, 2.45) is 7.05 Å². The lowest BCUT2D eigenvalue weighted by Gasteiger charge is -2.33. The van der Waals surface area contributed by atoms with Gasteiger partial charge in [-0.3, -0.25) is 88.5 Å². The first-order chi connectivity index (χ1) is 68.5. The fourth-order valence-corrected chi connectivity index (χ4v) is 20.8. The maximum absolute atomic E-state index is 13.3. The van der Waals surface area contributed by atoms with Crippen molar-refractivity contribution in [3.63, 3.8) is 0 Å². The summed E-state index contributed by atoms with van der Waals surface area (Å²) in [6.45, 7) is 10.9. The predicted octanol–water partition coefficient (Wildman–Crippen LogP) is 9.54. The number of carbonyl (C=O) groups is 12. The van der Waals surface area contributed by atoms with Gasteiger partial charge in [0, 0.05) is 174 Å². The molecular weight excluding hydrogens is 1820 g/mol. The van der Waals surface area contributed by atoms with E-state index in [4.69, 9.17) is 51.6 Å². The minimum Gasteiger partial charge on any atom is -0.497 e. The fourth-order valence-electron chi connectivity index (χ4n) is 20.8. The number of furan rings is 4. The summed E-state index contributed by atoms with van der Waals surface area (Å²) in [5.41, 5.74) is 9.64. The Morgan fingerprint density at radius 2 is 0.690 bits per heavy atom. The molecule has 6 saturated heterocycles. The van der Waals surface area contributed by atoms with Crippen LogP contribution in [0.25, 0.3) is 66.9 Å². The van der Waals surface area contributed by atoms with E-state index in [1.807, 2.05) is 98.4 Å². The van der Waals surface area contributed by atoms with E-state index in [1.54, 1.807) is 138 Å². The summed E-state index contributed by atoms with van der Waals surface area (Å²) in [4.78, 5) is 191. The molecule has 4 atom stereocenters. The second-order valence-electron chi connectivity index (χ2n) is 37.4. The van der Waals surface area contributed by atoms with Gasteiger partial charge >= 0.3 is 0 Å². The van der Waals surface area contributed by atoms with E-state index < -0.39 is 63.0 Å². The highest BCUT2D eigenvalue weighted by Gasteiger charge is 2.58. The molecule has 38 heteroatoms. The highest BCUT2D eigenvalue weighted by molar-refractivity contribution is 6.13. The Morgan fingerprint density at radius 3 is 1.00 bits per heavy atom. The van der Waals surface area contributed by atoms with Crippen molar-refractivity contribution in [2.45, 2.75) is 100 Å². The molecule has 0 unspecified atom stereocenters. The number of nitrogens with one attached hydrogen (secondary N) is 4. The summed E-state index contributed by atoms with van der Waals surface area (Å²) in [5.74, 6) is 0.987. The van der Waals surface area contributed by atoms with Crippen molar-refractivity contribution in [2.75, 3.05) is 111 Å². The number of benzene rings is 4. The van der Waals surface area contributed by atoms with E-state index >= 15 is 0 Å². The Bertz CT molecular complexity index is 7650. The molecule has 4 aromatic carbocycles. The first kappa shape index (κ1) is 91.6. The van der Waals surface area contributed by atoms with Crippen LogP contribution in [0.15, 0.2) is 188 Å². The number of aromatic nitrogens is 7. The van der Waals surface area contributed by atoms with Crippen LogP contribution in [-0.2, 0) is 93.2 Å². The van der Waals surface area contributed by atoms with E-state index in [1.165, 1.54) is 7.11 Å². The van der Waals surface area contributed by atoms with Crippen molar-refractivity contribution in [3.05, 3.63) is 249 Å². The average Bonchev–Trinajstić information content (AvgIpc) is 1.59. The van der Waals surface area contributed by atoms with E-state index in [0.717, 1.165) is 114 Å². The van der Waals surface area contributed by atoms with E-state index in [2.05, 4.69) is 58.1 Å². The number of ether oxygens (including phenoxy) is 4. The molecule has 10 aliphatic rings. The number of aryl methyl sites for hydroxylation is 2. The number of methoxy groups -OCH3 is 4. The SMILES string of the molecule is COc1ccc2c(c1)C(=O)N(C[C@@]1(c3cc4nc(-c5c(C)nn(C)c5C)ccc4o3)CC(=O)NC1=O)C2.COc1ccc2c(c1)C(=O)N(C[C@@]1(c3cc4nc(-c5cccnc5)ccc4o3)CC(=O)NC1=O)C2.COc1ccc2c(c1)C(=O)N(C[C@@]1(c3cc4nc(N5CCCC5)ccc4o3)CC(=O)NC1=O)C2.COc1ccc2c(c1)C(=O)N(C[C@@]1(c3cc4nc(N5CCN(C)CC5)ccc4o3)CC(=O)NC1=O)C2. The quantitative estimate of drug-likeness (QED) is 0.0516. The van der Waals surface area contributed by atoms with Crippen molar-refractivity contribution in [1.29, 1.82) is 0 Å². The maximum Gasteiger partial charge on any atom is 0.254 e. The zero-order chi connectivity index (χ0) is 98.7. The molecule has 0 aliphatic carbocycles. The molecule has 6 fully saturated rings. The summed E-state index contributed by atoms with van der Waals surface area (Å²) < 4.78 is 47.3. The van der Waals surface area contributed by atoms with Crippen LogP contribution in [0.4, 0.5) is 11.6 Å². The smallest absolute Gasteiger partial charge is 0.254 e. The molecular formula is C104H96N18O20. The number of piperazine rings is 1. The predicted molar refractivity (Wildman–Crippen MR) is 511 cm³/mol. The minimum atomic E-state index is -1.36. The van der Waals surface area contributed by atoms with Crippen LogP contribution >= 0.6 is 0 Å². The number of likely N-dealkylation sites (N-methyl/N-ethyl adjacent to an activating group) is 1. The summed E-state index contributed by atoms with van der Waals surface area (Å²) in [5, 5.41) is 14.1. The lowest BCUT2D eigenvalue weighted by molar-refractivity contribution is -0.128. The number of anilines is 2. The molecule has 12 amide bonds. The van der Waals surface area contributed by atoms with Gasteiger partial charge in [-0.05, 0) is 165 Å². The largest absolute Gasteiger partial charge is 0.497 e. The molecule has 722 valence electrons. The zero-order valence-electron chi connectivity index (χ0n) is 78.7.